The van der Waals surface area contributed by atoms with Gasteiger partial charge in [-0.3, -0.25) is 13.9 Å². The molecule has 1 aliphatic carbocycles. The number of rotatable bonds is 6. The van der Waals surface area contributed by atoms with Gasteiger partial charge in [-0.1, -0.05) is 25.6 Å². The number of alkyl halides is 3. The molecule has 0 amide bonds. The van der Waals surface area contributed by atoms with E-state index in [1.807, 2.05) is 29.8 Å². The molecule has 1 unspecified atom stereocenters. The van der Waals surface area contributed by atoms with E-state index < -0.39 is 17.4 Å². The summed E-state index contributed by atoms with van der Waals surface area (Å²) in [4.78, 5) is 15.8. The lowest BCUT2D eigenvalue weighted by molar-refractivity contribution is -0.136. The fourth-order valence-electron chi connectivity index (χ4n) is 6.56. The number of likely N-dealkylation sites (tertiary alicyclic amines) is 1. The fraction of sp³-hybridized carbons (Fsp3) is 0.464. The van der Waals surface area contributed by atoms with Gasteiger partial charge in [-0.25, -0.2) is 4.79 Å². The van der Waals surface area contributed by atoms with E-state index in [-0.39, 0.29) is 10.9 Å². The molecule has 6 rings (SSSR count). The normalized spacial score (nSPS) is 23.9. The van der Waals surface area contributed by atoms with Crippen LogP contribution in [0.2, 0.25) is 12.1 Å². The van der Waals surface area contributed by atoms with Gasteiger partial charge in [0.1, 0.15) is 12.2 Å². The maximum absolute atomic E-state index is 14.2. The molecule has 7 nitrogen and oxygen atoms in total. The van der Waals surface area contributed by atoms with Crippen LogP contribution in [0.3, 0.4) is 0 Å². The van der Waals surface area contributed by atoms with Gasteiger partial charge in [0.2, 0.25) is 0 Å². The molecule has 1 saturated heterocycles. The summed E-state index contributed by atoms with van der Waals surface area (Å²) in [7, 11) is 2.73. The molecule has 0 bridgehead atoms. The van der Waals surface area contributed by atoms with Crippen molar-refractivity contribution in [1.29, 1.82) is 0 Å². The van der Waals surface area contributed by atoms with Crippen molar-refractivity contribution in [2.75, 3.05) is 13.1 Å². The number of hydrogen-bond acceptors (Lipinski definition) is 4. The average molecular weight is 553 g/mol. The van der Waals surface area contributed by atoms with Crippen molar-refractivity contribution in [3.8, 4) is 5.69 Å². The largest absolute Gasteiger partial charge is 0.418 e. The first-order chi connectivity index (χ1) is 18.6. The number of imidazole rings is 1. The van der Waals surface area contributed by atoms with Crippen LogP contribution in [0.25, 0.3) is 11.2 Å². The lowest BCUT2D eigenvalue weighted by atomic mass is 9.58. The van der Waals surface area contributed by atoms with Crippen molar-refractivity contribution < 1.29 is 13.2 Å². The average Bonchev–Trinajstić information content (AvgIpc) is 3.60. The molecule has 1 aliphatic heterocycles. The third kappa shape index (κ3) is 4.45. The zero-order valence-corrected chi connectivity index (χ0v) is 23.2. The van der Waals surface area contributed by atoms with Gasteiger partial charge in [0.05, 0.1) is 22.2 Å². The van der Waals surface area contributed by atoms with Crippen molar-refractivity contribution in [3.05, 3.63) is 82.1 Å². The summed E-state index contributed by atoms with van der Waals surface area (Å²) in [5.41, 5.74) is 0.805. The van der Waals surface area contributed by atoms with Gasteiger partial charge in [-0.05, 0) is 73.1 Å². The topological polar surface area (TPSA) is 60.4 Å². The molecular weight excluding hydrogens is 521 g/mol. The third-order valence-corrected chi connectivity index (χ3v) is 9.71. The summed E-state index contributed by atoms with van der Waals surface area (Å²) in [6.07, 6.45) is 2.80. The predicted molar refractivity (Wildman–Crippen MR) is 143 cm³/mol. The first-order valence-corrected chi connectivity index (χ1v) is 14.9. The van der Waals surface area contributed by atoms with Crippen LogP contribution in [0, 0.1) is 5.92 Å². The fourth-order valence-corrected chi connectivity index (χ4v) is 7.42. The maximum Gasteiger partial charge on any atom is 0.418 e. The zero-order chi connectivity index (χ0) is 27.5. The van der Waals surface area contributed by atoms with E-state index in [9.17, 15) is 18.0 Å². The number of nitrogens with zero attached hydrogens (tertiary/aromatic N) is 6. The van der Waals surface area contributed by atoms with Crippen molar-refractivity contribution in [1.82, 2.24) is 28.6 Å². The minimum Gasteiger partial charge on any atom is -0.320 e. The molecule has 2 radical (unpaired) electrons. The quantitative estimate of drug-likeness (QED) is 0.326. The Morgan fingerprint density at radius 1 is 1.18 bits per heavy atom. The SMILES string of the molecule is C[Si]C1CCN(Cc2cc(C(F)(F)F)c3cn(-c4cccc(C5(c6nncn6C)CC(C)C5)c4)c(=O)n3c2)C1. The first kappa shape index (κ1) is 26.1. The molecule has 2 aliphatic rings. The van der Waals surface area contributed by atoms with Crippen LogP contribution < -0.4 is 5.69 Å². The second-order valence-corrected chi connectivity index (χ2v) is 12.6. The molecule has 4 heterocycles. The highest BCUT2D eigenvalue weighted by Crippen LogP contribution is 2.51. The molecular formula is C28H31F3N6OSi. The van der Waals surface area contributed by atoms with E-state index in [2.05, 4.69) is 28.6 Å². The molecule has 4 aromatic rings. The molecule has 204 valence electrons. The first-order valence-electron chi connectivity index (χ1n) is 13.3. The lowest BCUT2D eigenvalue weighted by Gasteiger charge is -2.46. The minimum atomic E-state index is -4.59. The molecule has 1 atom stereocenters. The highest BCUT2D eigenvalue weighted by atomic mass is 28.2. The Bertz CT molecular complexity index is 1580. The predicted octanol–water partition coefficient (Wildman–Crippen LogP) is 4.70. The van der Waals surface area contributed by atoms with Gasteiger partial charge in [-0.2, -0.15) is 13.2 Å². The van der Waals surface area contributed by atoms with E-state index in [4.69, 9.17) is 0 Å². The van der Waals surface area contributed by atoms with Crippen LogP contribution in [0.4, 0.5) is 13.2 Å². The van der Waals surface area contributed by atoms with Crippen molar-refractivity contribution >= 4 is 15.0 Å². The highest BCUT2D eigenvalue weighted by molar-refractivity contribution is 6.35. The van der Waals surface area contributed by atoms with Crippen LogP contribution in [-0.2, 0) is 25.2 Å². The van der Waals surface area contributed by atoms with Crippen LogP contribution in [0.15, 0.2) is 53.8 Å². The number of fused-ring (bicyclic) bond motifs is 1. The van der Waals surface area contributed by atoms with Crippen LogP contribution in [-0.4, -0.2) is 51.2 Å². The Balaban J connectivity index is 1.43. The Morgan fingerprint density at radius 3 is 2.62 bits per heavy atom. The van der Waals surface area contributed by atoms with E-state index in [0.29, 0.717) is 29.3 Å². The highest BCUT2D eigenvalue weighted by Gasteiger charge is 2.48. The monoisotopic (exact) mass is 552 g/mol. The smallest absolute Gasteiger partial charge is 0.320 e. The summed E-state index contributed by atoms with van der Waals surface area (Å²) >= 11 is 0. The molecule has 1 saturated carbocycles. The van der Waals surface area contributed by atoms with Gasteiger partial charge >= 0.3 is 11.9 Å². The van der Waals surface area contributed by atoms with Crippen LogP contribution >= 0.6 is 0 Å². The Labute approximate surface area is 227 Å². The molecule has 39 heavy (non-hydrogen) atoms. The molecule has 3 aromatic heterocycles. The molecule has 2 fully saturated rings. The summed E-state index contributed by atoms with van der Waals surface area (Å²) in [5, 5.41) is 8.46. The van der Waals surface area contributed by atoms with Crippen molar-refractivity contribution in [2.24, 2.45) is 13.0 Å². The Morgan fingerprint density at radius 2 is 1.97 bits per heavy atom. The Hall–Kier alpha value is -3.18. The number of hydrogen-bond donors (Lipinski definition) is 0. The molecule has 0 N–H and O–H groups in total. The van der Waals surface area contributed by atoms with Gasteiger partial charge in [0, 0.05) is 35.5 Å². The summed E-state index contributed by atoms with van der Waals surface area (Å²) in [6, 6.07) is 8.74. The number of benzene rings is 1. The third-order valence-electron chi connectivity index (χ3n) is 8.43. The number of aryl methyl sites for hydroxylation is 1. The van der Waals surface area contributed by atoms with Gasteiger partial charge in [0.15, 0.2) is 0 Å². The second kappa shape index (κ2) is 9.48. The zero-order valence-electron chi connectivity index (χ0n) is 22.2. The van der Waals surface area contributed by atoms with Gasteiger partial charge in [0.25, 0.3) is 0 Å². The summed E-state index contributed by atoms with van der Waals surface area (Å²) in [5.74, 6) is 1.35. The van der Waals surface area contributed by atoms with E-state index in [0.717, 1.165) is 57.7 Å². The molecule has 1 aromatic carbocycles. The van der Waals surface area contributed by atoms with Crippen LogP contribution in [0.5, 0.6) is 0 Å². The number of pyridine rings is 1. The second-order valence-electron chi connectivity index (χ2n) is 11.2. The number of aromatic nitrogens is 5. The number of halogens is 3. The van der Waals surface area contributed by atoms with E-state index in [1.165, 1.54) is 16.8 Å². The van der Waals surface area contributed by atoms with E-state index >= 15 is 0 Å². The summed E-state index contributed by atoms with van der Waals surface area (Å²) in [6.45, 7) is 6.48. The van der Waals surface area contributed by atoms with Gasteiger partial charge < -0.3 is 4.57 Å². The minimum absolute atomic E-state index is 0.142. The standard InChI is InChI=1S/C28H31F3N6OSi/c1-18-11-27(12-18,25-33-32-17-34(25)2)20-5-4-6-21(10-20)36-16-24-23(28(29,30)31)9-19(14-37(24)26(36)38)13-35-8-7-22(15-35)39-3/h4-6,9-10,14,16-18,22H,7-8,11-13,15H2,1-3H3. The molecule has 11 heteroatoms. The van der Waals surface area contributed by atoms with E-state index in [1.54, 1.807) is 18.6 Å². The van der Waals surface area contributed by atoms with Gasteiger partial charge in [-0.15, -0.1) is 10.2 Å². The lowest BCUT2D eigenvalue weighted by Crippen LogP contribution is -2.43. The van der Waals surface area contributed by atoms with Crippen molar-refractivity contribution in [2.45, 2.75) is 56.4 Å². The maximum atomic E-state index is 14.2. The molecule has 0 spiro atoms. The van der Waals surface area contributed by atoms with Crippen molar-refractivity contribution in [3.63, 3.8) is 0 Å². The Kier molecular flexibility index (Phi) is 6.33. The summed E-state index contributed by atoms with van der Waals surface area (Å²) < 4.78 is 47.1. The van der Waals surface area contributed by atoms with Crippen LogP contribution in [0.1, 0.15) is 48.7 Å².